The summed E-state index contributed by atoms with van der Waals surface area (Å²) in [5.41, 5.74) is 0.237. The number of halogens is 4. The van der Waals surface area contributed by atoms with Gasteiger partial charge in [0, 0.05) is 0 Å². The molecule has 0 aromatic heterocycles. The van der Waals surface area contributed by atoms with E-state index in [9.17, 15) is 30.8 Å². The SMILES string of the molecule is O=C(OCc1cccc2ccccc12)C(F)(C(F)(F)F)S(=O)(=O)O. The number of hydrogen-bond donors (Lipinski definition) is 1. The second-order valence-corrected chi connectivity index (χ2v) is 6.30. The van der Waals surface area contributed by atoms with E-state index in [0.717, 1.165) is 0 Å². The first-order chi connectivity index (χ1) is 11.0. The average molecular weight is 366 g/mol. The van der Waals surface area contributed by atoms with Crippen LogP contribution in [0.15, 0.2) is 42.5 Å². The van der Waals surface area contributed by atoms with Gasteiger partial charge in [-0.05, 0) is 16.3 Å². The summed E-state index contributed by atoms with van der Waals surface area (Å²) < 4.78 is 85.7. The predicted octanol–water partition coefficient (Wildman–Crippen LogP) is 3.00. The third-order valence-corrected chi connectivity index (χ3v) is 4.33. The van der Waals surface area contributed by atoms with Gasteiger partial charge < -0.3 is 4.74 Å². The number of carbonyl (C=O) groups excluding carboxylic acids is 1. The van der Waals surface area contributed by atoms with E-state index in [4.69, 9.17) is 4.55 Å². The predicted molar refractivity (Wildman–Crippen MR) is 75.2 cm³/mol. The third-order valence-electron chi connectivity index (χ3n) is 3.22. The van der Waals surface area contributed by atoms with Gasteiger partial charge in [-0.1, -0.05) is 42.5 Å². The Kier molecular flexibility index (Phi) is 4.55. The van der Waals surface area contributed by atoms with Crippen molar-refractivity contribution in [1.82, 2.24) is 0 Å². The summed E-state index contributed by atoms with van der Waals surface area (Å²) in [5.74, 6) is -2.76. The molecule has 24 heavy (non-hydrogen) atoms. The van der Waals surface area contributed by atoms with Gasteiger partial charge in [0.2, 0.25) is 0 Å². The van der Waals surface area contributed by atoms with Gasteiger partial charge in [0.25, 0.3) is 0 Å². The maximum absolute atomic E-state index is 13.8. The number of fused-ring (bicyclic) bond motifs is 1. The first kappa shape index (κ1) is 18.1. The van der Waals surface area contributed by atoms with E-state index in [0.29, 0.717) is 10.8 Å². The topological polar surface area (TPSA) is 80.7 Å². The second kappa shape index (κ2) is 6.02. The Morgan fingerprint density at radius 1 is 1.04 bits per heavy atom. The van der Waals surface area contributed by atoms with Crippen molar-refractivity contribution in [3.05, 3.63) is 48.0 Å². The van der Waals surface area contributed by atoms with Crippen molar-refractivity contribution >= 4 is 26.9 Å². The molecule has 2 aromatic rings. The lowest BCUT2D eigenvalue weighted by molar-refractivity contribution is -0.215. The van der Waals surface area contributed by atoms with Gasteiger partial charge in [0.05, 0.1) is 0 Å². The number of ether oxygens (including phenoxy) is 1. The highest BCUT2D eigenvalue weighted by atomic mass is 32.2. The molecule has 0 aliphatic carbocycles. The van der Waals surface area contributed by atoms with Crippen LogP contribution in [-0.4, -0.2) is 30.1 Å². The number of hydrogen-bond acceptors (Lipinski definition) is 4. The molecule has 0 amide bonds. The molecule has 0 spiro atoms. The van der Waals surface area contributed by atoms with E-state index in [1.807, 2.05) is 0 Å². The van der Waals surface area contributed by atoms with Gasteiger partial charge in [-0.2, -0.15) is 21.6 Å². The molecule has 2 rings (SSSR count). The number of benzene rings is 2. The number of carbonyl (C=O) groups is 1. The smallest absolute Gasteiger partial charge is 0.451 e. The summed E-state index contributed by atoms with van der Waals surface area (Å²) in [5, 5.41) is -4.34. The third kappa shape index (κ3) is 3.06. The van der Waals surface area contributed by atoms with Crippen molar-refractivity contribution in [3.8, 4) is 0 Å². The van der Waals surface area contributed by atoms with E-state index < -0.39 is 33.9 Å². The molecule has 2 aromatic carbocycles. The molecule has 0 aliphatic heterocycles. The van der Waals surface area contributed by atoms with Crippen LogP contribution in [0.3, 0.4) is 0 Å². The quantitative estimate of drug-likeness (QED) is 0.511. The Labute approximate surface area is 133 Å². The van der Waals surface area contributed by atoms with Crippen LogP contribution in [0.2, 0.25) is 0 Å². The molecule has 0 saturated carbocycles. The van der Waals surface area contributed by atoms with Crippen LogP contribution in [0.5, 0.6) is 0 Å². The van der Waals surface area contributed by atoms with E-state index in [1.165, 1.54) is 12.1 Å². The van der Waals surface area contributed by atoms with Crippen molar-refractivity contribution in [2.45, 2.75) is 17.8 Å². The Hall–Kier alpha value is -2.20. The second-order valence-electron chi connectivity index (χ2n) is 4.78. The maximum atomic E-state index is 13.8. The van der Waals surface area contributed by atoms with E-state index in [1.54, 1.807) is 30.3 Å². The highest BCUT2D eigenvalue weighted by molar-refractivity contribution is 7.88. The molecule has 0 bridgehead atoms. The van der Waals surface area contributed by atoms with Crippen LogP contribution in [0.25, 0.3) is 10.8 Å². The van der Waals surface area contributed by atoms with Crippen LogP contribution in [0.4, 0.5) is 17.6 Å². The van der Waals surface area contributed by atoms with Crippen LogP contribution < -0.4 is 0 Å². The van der Waals surface area contributed by atoms with Gasteiger partial charge in [-0.3, -0.25) is 4.55 Å². The first-order valence-electron chi connectivity index (χ1n) is 6.35. The lowest BCUT2D eigenvalue weighted by atomic mass is 10.1. The molecule has 130 valence electrons. The van der Waals surface area contributed by atoms with Gasteiger partial charge in [-0.15, -0.1) is 0 Å². The molecule has 1 N–H and O–H groups in total. The lowest BCUT2D eigenvalue weighted by Crippen LogP contribution is -2.54. The minimum atomic E-state index is -6.43. The van der Waals surface area contributed by atoms with Crippen LogP contribution in [-0.2, 0) is 26.3 Å². The largest absolute Gasteiger partial charge is 0.457 e. The highest BCUT2D eigenvalue weighted by Crippen LogP contribution is 2.39. The minimum Gasteiger partial charge on any atom is -0.457 e. The Morgan fingerprint density at radius 3 is 2.21 bits per heavy atom. The van der Waals surface area contributed by atoms with Crippen molar-refractivity contribution in [3.63, 3.8) is 0 Å². The molecule has 5 nitrogen and oxygen atoms in total. The van der Waals surface area contributed by atoms with E-state index in [2.05, 4.69) is 4.74 Å². The van der Waals surface area contributed by atoms with Crippen molar-refractivity contribution in [2.75, 3.05) is 0 Å². The van der Waals surface area contributed by atoms with Gasteiger partial charge in [0.1, 0.15) is 6.61 Å². The van der Waals surface area contributed by atoms with Crippen molar-refractivity contribution in [1.29, 1.82) is 0 Å². The van der Waals surface area contributed by atoms with Crippen LogP contribution in [0, 0.1) is 0 Å². The fourth-order valence-corrected chi connectivity index (χ4v) is 2.58. The standard InChI is InChI=1S/C14H10F4O5S/c15-13(14(16,17)18,24(20,21)22)12(19)23-8-10-6-3-5-9-4-1-2-7-11(9)10/h1-7H,8H2,(H,20,21,22). The summed E-state index contributed by atoms with van der Waals surface area (Å²) in [6.45, 7) is -0.808. The number of alkyl halides is 4. The molecule has 1 unspecified atom stereocenters. The summed E-state index contributed by atoms with van der Waals surface area (Å²) in [6.07, 6.45) is -6.20. The lowest BCUT2D eigenvalue weighted by Gasteiger charge is -2.22. The zero-order valence-corrected chi connectivity index (χ0v) is 12.6. The fourth-order valence-electron chi connectivity index (χ4n) is 2.02. The Balaban J connectivity index is 2.32. The van der Waals surface area contributed by atoms with E-state index in [-0.39, 0.29) is 5.56 Å². The molecule has 0 fully saturated rings. The van der Waals surface area contributed by atoms with Gasteiger partial charge >= 0.3 is 27.3 Å². The highest BCUT2D eigenvalue weighted by Gasteiger charge is 2.72. The minimum absolute atomic E-state index is 0.237. The molecular formula is C14H10F4O5S. The zero-order valence-electron chi connectivity index (χ0n) is 11.7. The van der Waals surface area contributed by atoms with Crippen molar-refractivity contribution in [2.24, 2.45) is 0 Å². The number of rotatable bonds is 4. The fraction of sp³-hybridized carbons (Fsp3) is 0.214. The molecule has 10 heteroatoms. The summed E-state index contributed by atoms with van der Waals surface area (Å²) >= 11 is 0. The molecule has 0 saturated heterocycles. The Morgan fingerprint density at radius 2 is 1.62 bits per heavy atom. The summed E-state index contributed by atoms with van der Waals surface area (Å²) in [6, 6.07) is 11.2. The molecule has 1 atom stereocenters. The molecule has 0 radical (unpaired) electrons. The first-order valence-corrected chi connectivity index (χ1v) is 7.79. The van der Waals surface area contributed by atoms with Gasteiger partial charge in [-0.25, -0.2) is 9.18 Å². The normalized spacial score (nSPS) is 15.0. The molecular weight excluding hydrogens is 356 g/mol. The van der Waals surface area contributed by atoms with Crippen LogP contribution in [0.1, 0.15) is 5.56 Å². The Bertz CT molecular complexity index is 873. The van der Waals surface area contributed by atoms with Crippen LogP contribution >= 0.6 is 0 Å². The molecule has 0 heterocycles. The van der Waals surface area contributed by atoms with Gasteiger partial charge in [0.15, 0.2) is 0 Å². The monoisotopic (exact) mass is 366 g/mol. The summed E-state index contributed by atoms with van der Waals surface area (Å²) in [7, 11) is -6.43. The van der Waals surface area contributed by atoms with Crippen molar-refractivity contribution < 1.29 is 40.1 Å². The number of esters is 1. The maximum Gasteiger partial charge on any atom is 0.451 e. The zero-order chi connectivity index (χ0) is 18.2. The summed E-state index contributed by atoms with van der Waals surface area (Å²) in [4.78, 5) is 11.4. The average Bonchev–Trinajstić information content (AvgIpc) is 2.49. The van der Waals surface area contributed by atoms with E-state index >= 15 is 0 Å². The molecule has 0 aliphatic rings.